The lowest BCUT2D eigenvalue weighted by Crippen LogP contribution is -2.31. The number of fused-ring (bicyclic) bond motifs is 1. The van der Waals surface area contributed by atoms with E-state index in [2.05, 4.69) is 27.2 Å². The highest BCUT2D eigenvalue weighted by Crippen LogP contribution is 2.26. The standard InChI is InChI=1S/C26H29N3O3S/c1-4-13-29(14-5-1)15-6-16-30-22-11-9-20(10-12-22)26-28-27-25(32-26)19-33-18-23-17-21-7-2-3-8-24(21)31-23/h2-3,7-12,17H,1,4-6,13-16,18-19H2. The van der Waals surface area contributed by atoms with Crippen LogP contribution < -0.4 is 4.74 Å². The van der Waals surface area contributed by atoms with Crippen molar-refractivity contribution >= 4 is 22.7 Å². The van der Waals surface area contributed by atoms with Crippen LogP contribution in [0, 0.1) is 0 Å². The smallest absolute Gasteiger partial charge is 0.247 e. The Morgan fingerprint density at radius 1 is 0.909 bits per heavy atom. The maximum atomic E-state index is 5.90. The molecule has 0 N–H and O–H groups in total. The highest BCUT2D eigenvalue weighted by atomic mass is 32.2. The van der Waals surface area contributed by atoms with Gasteiger partial charge in [0.15, 0.2) is 0 Å². The van der Waals surface area contributed by atoms with Gasteiger partial charge in [0.25, 0.3) is 0 Å². The first kappa shape index (κ1) is 22.0. The Kier molecular flexibility index (Phi) is 7.28. The fourth-order valence-electron chi connectivity index (χ4n) is 4.13. The molecule has 0 aliphatic carbocycles. The molecule has 0 unspecified atom stereocenters. The summed E-state index contributed by atoms with van der Waals surface area (Å²) in [4.78, 5) is 2.54. The first-order chi connectivity index (χ1) is 16.3. The average molecular weight is 464 g/mol. The van der Waals surface area contributed by atoms with Crippen molar-refractivity contribution in [2.24, 2.45) is 0 Å². The van der Waals surface area contributed by atoms with E-state index in [0.717, 1.165) is 53.4 Å². The number of para-hydroxylation sites is 1. The summed E-state index contributed by atoms with van der Waals surface area (Å²) in [6.45, 7) is 4.33. The highest BCUT2D eigenvalue weighted by molar-refractivity contribution is 7.97. The molecule has 1 aliphatic rings. The van der Waals surface area contributed by atoms with Gasteiger partial charge >= 0.3 is 0 Å². The maximum Gasteiger partial charge on any atom is 0.247 e. The van der Waals surface area contributed by atoms with Crippen LogP contribution in [0.5, 0.6) is 5.75 Å². The summed E-state index contributed by atoms with van der Waals surface area (Å²) in [6, 6.07) is 18.0. The van der Waals surface area contributed by atoms with Gasteiger partial charge in [-0.05, 0) is 68.8 Å². The van der Waals surface area contributed by atoms with Crippen molar-refractivity contribution in [2.75, 3.05) is 26.2 Å². The lowest BCUT2D eigenvalue weighted by molar-refractivity contribution is 0.205. The minimum Gasteiger partial charge on any atom is -0.494 e. The van der Waals surface area contributed by atoms with Crippen LogP contribution >= 0.6 is 11.8 Å². The van der Waals surface area contributed by atoms with E-state index < -0.39 is 0 Å². The second-order valence-electron chi connectivity index (χ2n) is 8.37. The van der Waals surface area contributed by atoms with Gasteiger partial charge in [-0.15, -0.1) is 22.0 Å². The van der Waals surface area contributed by atoms with Gasteiger partial charge in [0.05, 0.1) is 18.1 Å². The molecule has 2 aromatic carbocycles. The molecule has 33 heavy (non-hydrogen) atoms. The second-order valence-corrected chi connectivity index (χ2v) is 9.36. The minimum atomic E-state index is 0.533. The van der Waals surface area contributed by atoms with Crippen molar-refractivity contribution in [2.45, 2.75) is 37.2 Å². The molecule has 0 radical (unpaired) electrons. The third kappa shape index (κ3) is 5.97. The summed E-state index contributed by atoms with van der Waals surface area (Å²) < 4.78 is 17.6. The number of furan rings is 1. The van der Waals surface area contributed by atoms with Gasteiger partial charge in [-0.1, -0.05) is 24.6 Å². The van der Waals surface area contributed by atoms with Gasteiger partial charge in [-0.3, -0.25) is 0 Å². The van der Waals surface area contributed by atoms with Crippen LogP contribution in [0.15, 0.2) is 63.4 Å². The molecule has 1 saturated heterocycles. The van der Waals surface area contributed by atoms with Gasteiger partial charge in [0, 0.05) is 17.5 Å². The predicted octanol–water partition coefficient (Wildman–Crippen LogP) is 6.17. The summed E-state index contributed by atoms with van der Waals surface area (Å²) in [6.07, 6.45) is 5.10. The molecule has 3 heterocycles. The van der Waals surface area contributed by atoms with E-state index in [0.29, 0.717) is 17.5 Å². The average Bonchev–Trinajstić information content (AvgIpc) is 3.50. The maximum absolute atomic E-state index is 5.90. The van der Waals surface area contributed by atoms with Crippen molar-refractivity contribution in [1.82, 2.24) is 15.1 Å². The fraction of sp³-hybridized carbons (Fsp3) is 0.385. The molecule has 2 aromatic heterocycles. The number of thioether (sulfide) groups is 1. The van der Waals surface area contributed by atoms with Crippen molar-refractivity contribution in [3.8, 4) is 17.2 Å². The van der Waals surface area contributed by atoms with Gasteiger partial charge < -0.3 is 18.5 Å². The second kappa shape index (κ2) is 10.9. The topological polar surface area (TPSA) is 64.5 Å². The number of ether oxygens (including phenoxy) is 1. The summed E-state index contributed by atoms with van der Waals surface area (Å²) in [7, 11) is 0. The molecule has 0 saturated carbocycles. The molecule has 0 bridgehead atoms. The lowest BCUT2D eigenvalue weighted by Gasteiger charge is -2.26. The summed E-state index contributed by atoms with van der Waals surface area (Å²) >= 11 is 1.69. The zero-order chi connectivity index (χ0) is 22.3. The molecule has 7 heteroatoms. The van der Waals surface area contributed by atoms with E-state index >= 15 is 0 Å². The van der Waals surface area contributed by atoms with Crippen molar-refractivity contribution in [1.29, 1.82) is 0 Å². The van der Waals surface area contributed by atoms with E-state index in [9.17, 15) is 0 Å². The number of hydrogen-bond donors (Lipinski definition) is 0. The van der Waals surface area contributed by atoms with Crippen LogP contribution in [0.2, 0.25) is 0 Å². The molecule has 0 atom stereocenters. The van der Waals surface area contributed by atoms with E-state index in [1.54, 1.807) is 11.8 Å². The number of likely N-dealkylation sites (tertiary alicyclic amines) is 1. The zero-order valence-corrected chi connectivity index (χ0v) is 19.6. The molecule has 1 aliphatic heterocycles. The van der Waals surface area contributed by atoms with E-state index in [4.69, 9.17) is 13.6 Å². The first-order valence-corrected chi connectivity index (χ1v) is 12.8. The van der Waals surface area contributed by atoms with Crippen LogP contribution in [-0.2, 0) is 11.5 Å². The molecule has 1 fully saturated rings. The Morgan fingerprint density at radius 3 is 2.61 bits per heavy atom. The molecule has 5 rings (SSSR count). The Morgan fingerprint density at radius 2 is 1.76 bits per heavy atom. The number of hydrogen-bond acceptors (Lipinski definition) is 7. The molecule has 6 nitrogen and oxygen atoms in total. The normalized spacial score (nSPS) is 14.7. The van der Waals surface area contributed by atoms with Crippen LogP contribution in [0.3, 0.4) is 0 Å². The summed E-state index contributed by atoms with van der Waals surface area (Å²) in [5.74, 6) is 4.37. The van der Waals surface area contributed by atoms with Gasteiger partial charge in [0.1, 0.15) is 17.1 Å². The molecular formula is C26H29N3O3S. The monoisotopic (exact) mass is 463 g/mol. The number of benzene rings is 2. The summed E-state index contributed by atoms with van der Waals surface area (Å²) in [5, 5.41) is 9.52. The van der Waals surface area contributed by atoms with Crippen LogP contribution in [0.1, 0.15) is 37.3 Å². The van der Waals surface area contributed by atoms with E-state index in [1.807, 2.05) is 42.5 Å². The first-order valence-electron chi connectivity index (χ1n) is 11.7. The zero-order valence-electron chi connectivity index (χ0n) is 18.7. The largest absolute Gasteiger partial charge is 0.494 e. The van der Waals surface area contributed by atoms with Crippen molar-refractivity contribution in [3.05, 3.63) is 66.2 Å². The molecule has 0 spiro atoms. The SMILES string of the molecule is c1ccc2oc(CSCc3nnc(-c4ccc(OCCCN5CCCCC5)cc4)o3)cc2c1. The van der Waals surface area contributed by atoms with E-state index in [-0.39, 0.29) is 0 Å². The van der Waals surface area contributed by atoms with Crippen LogP contribution in [0.4, 0.5) is 0 Å². The Bertz CT molecular complexity index is 1120. The quantitative estimate of drug-likeness (QED) is 0.261. The fourth-order valence-corrected chi connectivity index (χ4v) is 4.87. The Labute approximate surface area is 198 Å². The molecule has 4 aromatic rings. The third-order valence-electron chi connectivity index (χ3n) is 5.85. The van der Waals surface area contributed by atoms with Crippen LogP contribution in [-0.4, -0.2) is 41.3 Å². The van der Waals surface area contributed by atoms with E-state index in [1.165, 1.54) is 32.4 Å². The molecule has 0 amide bonds. The number of aromatic nitrogens is 2. The number of piperidine rings is 1. The van der Waals surface area contributed by atoms with Crippen LogP contribution in [0.25, 0.3) is 22.4 Å². The molecular weight excluding hydrogens is 434 g/mol. The van der Waals surface area contributed by atoms with Gasteiger partial charge in [0.2, 0.25) is 11.8 Å². The lowest BCUT2D eigenvalue weighted by atomic mass is 10.1. The molecule has 172 valence electrons. The Balaban J connectivity index is 1.06. The number of rotatable bonds is 10. The minimum absolute atomic E-state index is 0.533. The summed E-state index contributed by atoms with van der Waals surface area (Å²) in [5.41, 5.74) is 1.82. The third-order valence-corrected chi connectivity index (χ3v) is 6.79. The van der Waals surface area contributed by atoms with Crippen molar-refractivity contribution < 1.29 is 13.6 Å². The van der Waals surface area contributed by atoms with Crippen molar-refractivity contribution in [3.63, 3.8) is 0 Å². The predicted molar refractivity (Wildman–Crippen MR) is 131 cm³/mol. The van der Waals surface area contributed by atoms with Gasteiger partial charge in [-0.25, -0.2) is 0 Å². The number of nitrogens with zero attached hydrogens (tertiary/aromatic N) is 3. The Hall–Kier alpha value is -2.77. The van der Waals surface area contributed by atoms with Gasteiger partial charge in [-0.2, -0.15) is 0 Å². The highest BCUT2D eigenvalue weighted by Gasteiger charge is 2.11.